The lowest BCUT2D eigenvalue weighted by molar-refractivity contribution is -0.137. The summed E-state index contributed by atoms with van der Waals surface area (Å²) >= 11 is 1.43. The fourth-order valence-electron chi connectivity index (χ4n) is 5.20. The van der Waals surface area contributed by atoms with E-state index in [9.17, 15) is 18.0 Å². The second-order valence-electron chi connectivity index (χ2n) is 9.15. The van der Waals surface area contributed by atoms with Crippen LogP contribution in [0.25, 0.3) is 15.8 Å². The summed E-state index contributed by atoms with van der Waals surface area (Å²) in [6.07, 6.45) is 1.14. The Bertz CT molecular complexity index is 1240. The van der Waals surface area contributed by atoms with Crippen molar-refractivity contribution in [3.8, 4) is 0 Å². The van der Waals surface area contributed by atoms with Crippen molar-refractivity contribution in [3.05, 3.63) is 59.2 Å². The van der Waals surface area contributed by atoms with E-state index < -0.39 is 11.7 Å². The molecule has 0 unspecified atom stereocenters. The van der Waals surface area contributed by atoms with Crippen molar-refractivity contribution in [2.24, 2.45) is 5.73 Å². The van der Waals surface area contributed by atoms with Crippen LogP contribution in [0.1, 0.15) is 55.7 Å². The molecule has 10 heteroatoms. The molecule has 1 spiro atoms. The topological polar surface area (TPSA) is 67.4 Å². The van der Waals surface area contributed by atoms with Crippen molar-refractivity contribution in [1.29, 1.82) is 0 Å². The minimum absolute atomic E-state index is 0.0188. The number of thiophene rings is 1. The minimum Gasteiger partial charge on any atom is -0.397 e. The number of rotatable bonds is 3. The summed E-state index contributed by atoms with van der Waals surface area (Å²) in [7, 11) is 0. The molecule has 4 heterocycles. The summed E-state index contributed by atoms with van der Waals surface area (Å²) in [5, 5.41) is 5.06. The van der Waals surface area contributed by atoms with Gasteiger partial charge >= 0.3 is 12.2 Å². The maximum absolute atomic E-state index is 13.1. The van der Waals surface area contributed by atoms with E-state index in [0.29, 0.717) is 29.2 Å². The molecule has 2 aliphatic heterocycles. The van der Waals surface area contributed by atoms with Gasteiger partial charge in [0, 0.05) is 40.9 Å². The average Bonchev–Trinajstić information content (AvgIpc) is 3.59. The van der Waals surface area contributed by atoms with Crippen LogP contribution in [0.2, 0.25) is 0 Å². The molecule has 0 aliphatic carbocycles. The Hall–Kier alpha value is -2.85. The average molecular weight is 520 g/mol. The molecule has 2 aromatic heterocycles. The molecule has 194 valence electrons. The first-order valence-electron chi connectivity index (χ1n) is 12.3. The molecule has 0 radical (unpaired) electrons. The zero-order valence-corrected chi connectivity index (χ0v) is 21.5. The highest BCUT2D eigenvalue weighted by Crippen LogP contribution is 2.41. The third-order valence-corrected chi connectivity index (χ3v) is 8.15. The number of amides is 1. The zero-order chi connectivity index (χ0) is 26.1. The highest BCUT2D eigenvalue weighted by Gasteiger charge is 2.44. The number of carbonyl (C=O) groups excluding carboxylic acids is 1. The SMILES string of the molecule is C=C(N)c1ccn(C(=O)N2CCC3(CCCN3Cc3cc4ccc(C(F)(F)F)cc4s3)CC2)n1.CC. The van der Waals surface area contributed by atoms with Gasteiger partial charge in [-0.1, -0.05) is 26.5 Å². The van der Waals surface area contributed by atoms with Crippen molar-refractivity contribution in [2.45, 2.75) is 57.8 Å². The zero-order valence-electron chi connectivity index (χ0n) is 20.6. The van der Waals surface area contributed by atoms with Gasteiger partial charge in [-0.2, -0.15) is 23.0 Å². The molecule has 0 atom stereocenters. The molecule has 2 saturated heterocycles. The Morgan fingerprint density at radius 3 is 2.50 bits per heavy atom. The lowest BCUT2D eigenvalue weighted by Crippen LogP contribution is -2.53. The van der Waals surface area contributed by atoms with Crippen LogP contribution in [0.3, 0.4) is 0 Å². The predicted octanol–water partition coefficient (Wildman–Crippen LogP) is 6.17. The van der Waals surface area contributed by atoms with Crippen LogP contribution in [-0.2, 0) is 12.7 Å². The minimum atomic E-state index is -4.33. The number of hydrogen-bond acceptors (Lipinski definition) is 5. The summed E-state index contributed by atoms with van der Waals surface area (Å²) in [4.78, 5) is 18.2. The Kier molecular flexibility index (Phi) is 7.47. The van der Waals surface area contributed by atoms with E-state index in [4.69, 9.17) is 5.73 Å². The summed E-state index contributed by atoms with van der Waals surface area (Å²) < 4.78 is 41.2. The Morgan fingerprint density at radius 2 is 1.86 bits per heavy atom. The van der Waals surface area contributed by atoms with Gasteiger partial charge in [-0.25, -0.2) is 4.79 Å². The van der Waals surface area contributed by atoms with E-state index in [1.807, 2.05) is 24.8 Å². The van der Waals surface area contributed by atoms with E-state index in [0.717, 1.165) is 55.1 Å². The first kappa shape index (κ1) is 26.2. The molecule has 2 N–H and O–H groups in total. The second-order valence-corrected chi connectivity index (χ2v) is 10.3. The van der Waals surface area contributed by atoms with Gasteiger partial charge in [0.25, 0.3) is 0 Å². The molecule has 2 fully saturated rings. The van der Waals surface area contributed by atoms with Crippen LogP contribution >= 0.6 is 11.3 Å². The smallest absolute Gasteiger partial charge is 0.397 e. The van der Waals surface area contributed by atoms with Crippen LogP contribution in [0, 0.1) is 0 Å². The highest BCUT2D eigenvalue weighted by atomic mass is 32.1. The first-order valence-corrected chi connectivity index (χ1v) is 13.1. The van der Waals surface area contributed by atoms with E-state index >= 15 is 0 Å². The largest absolute Gasteiger partial charge is 0.416 e. The van der Waals surface area contributed by atoms with Crippen molar-refractivity contribution in [1.82, 2.24) is 19.6 Å². The first-order chi connectivity index (χ1) is 17.1. The summed E-state index contributed by atoms with van der Waals surface area (Å²) in [6, 6.07) is 7.46. The number of nitrogens with zero attached hydrogens (tertiary/aromatic N) is 4. The van der Waals surface area contributed by atoms with Gasteiger partial charge < -0.3 is 10.6 Å². The van der Waals surface area contributed by atoms with E-state index in [1.54, 1.807) is 18.3 Å². The monoisotopic (exact) mass is 519 g/mol. The maximum atomic E-state index is 13.1. The fraction of sp³-hybridized carbons (Fsp3) is 0.462. The Labute approximate surface area is 213 Å². The number of halogens is 3. The number of aromatic nitrogens is 2. The molecule has 0 saturated carbocycles. The third-order valence-electron chi connectivity index (χ3n) is 7.06. The Morgan fingerprint density at radius 1 is 1.14 bits per heavy atom. The molecule has 2 aliphatic rings. The summed E-state index contributed by atoms with van der Waals surface area (Å²) in [5.41, 5.74) is 5.89. The van der Waals surface area contributed by atoms with Crippen molar-refractivity contribution in [3.63, 3.8) is 0 Å². The number of carbonyl (C=O) groups is 1. The molecule has 36 heavy (non-hydrogen) atoms. The molecule has 1 amide bonds. The molecule has 6 nitrogen and oxygen atoms in total. The number of benzene rings is 1. The number of likely N-dealkylation sites (tertiary alicyclic amines) is 2. The number of piperidine rings is 1. The van der Waals surface area contributed by atoms with Crippen molar-refractivity contribution < 1.29 is 18.0 Å². The fourth-order valence-corrected chi connectivity index (χ4v) is 6.32. The normalized spacial score (nSPS) is 17.9. The quantitative estimate of drug-likeness (QED) is 0.449. The molecule has 3 aromatic rings. The van der Waals surface area contributed by atoms with Crippen LogP contribution in [0.4, 0.5) is 18.0 Å². The van der Waals surface area contributed by atoms with Crippen molar-refractivity contribution in [2.75, 3.05) is 19.6 Å². The number of nitrogens with two attached hydrogens (primary N) is 1. The van der Waals surface area contributed by atoms with Gasteiger partial charge in [-0.3, -0.25) is 4.90 Å². The van der Waals surface area contributed by atoms with Gasteiger partial charge in [0.05, 0.1) is 11.3 Å². The summed E-state index contributed by atoms with van der Waals surface area (Å²) in [5.74, 6) is 0. The molecular weight excluding hydrogens is 487 g/mol. The number of hydrogen-bond donors (Lipinski definition) is 1. The lowest BCUT2D eigenvalue weighted by Gasteiger charge is -2.44. The molecule has 1 aromatic carbocycles. The van der Waals surface area contributed by atoms with Gasteiger partial charge in [0.15, 0.2) is 0 Å². The van der Waals surface area contributed by atoms with E-state index in [1.165, 1.54) is 22.1 Å². The van der Waals surface area contributed by atoms with Crippen LogP contribution in [0.5, 0.6) is 0 Å². The van der Waals surface area contributed by atoms with Crippen molar-refractivity contribution >= 4 is 33.2 Å². The van der Waals surface area contributed by atoms with Gasteiger partial charge in [0.1, 0.15) is 5.69 Å². The lowest BCUT2D eigenvalue weighted by atomic mass is 9.85. The predicted molar refractivity (Wildman–Crippen MR) is 138 cm³/mol. The molecule has 0 bridgehead atoms. The van der Waals surface area contributed by atoms with Gasteiger partial charge in [-0.05, 0) is 61.9 Å². The summed E-state index contributed by atoms with van der Waals surface area (Å²) in [6.45, 7) is 10.6. The van der Waals surface area contributed by atoms with E-state index in [-0.39, 0.29) is 11.6 Å². The standard InChI is InChI=1S/C24H26F3N5OS.C2H6/c1-16(28)20-5-10-32(29-20)22(33)30-11-7-23(8-12-30)6-2-9-31(23)15-19-13-17-3-4-18(24(25,26)27)14-21(17)34-19;1-2/h3-5,10,13-14H,1-2,6-9,11-12,15,28H2;1-2H3. The third kappa shape index (κ3) is 5.15. The number of alkyl halides is 3. The van der Waals surface area contributed by atoms with Crippen LogP contribution in [-0.4, -0.2) is 50.8 Å². The van der Waals surface area contributed by atoms with E-state index in [2.05, 4.69) is 16.6 Å². The molecular formula is C26H32F3N5OS. The van der Waals surface area contributed by atoms with Crippen LogP contribution < -0.4 is 5.73 Å². The van der Waals surface area contributed by atoms with Gasteiger partial charge in [0.2, 0.25) is 0 Å². The Balaban J connectivity index is 0.00000148. The van der Waals surface area contributed by atoms with Gasteiger partial charge in [-0.15, -0.1) is 11.3 Å². The van der Waals surface area contributed by atoms with Crippen LogP contribution in [0.15, 0.2) is 43.1 Å². The molecule has 5 rings (SSSR count). The highest BCUT2D eigenvalue weighted by molar-refractivity contribution is 7.19. The maximum Gasteiger partial charge on any atom is 0.416 e. The second kappa shape index (κ2) is 10.3. The number of fused-ring (bicyclic) bond motifs is 1.